The molecule has 1 aliphatic rings. The zero-order chi connectivity index (χ0) is 17.6. The second-order valence-electron chi connectivity index (χ2n) is 5.56. The summed E-state index contributed by atoms with van der Waals surface area (Å²) in [6.45, 7) is 2.09. The van der Waals surface area contributed by atoms with Gasteiger partial charge in [0, 0.05) is 23.2 Å². The number of carbonyl (C=O) groups excluding carboxylic acids is 1. The second-order valence-corrected chi connectivity index (χ2v) is 5.56. The van der Waals surface area contributed by atoms with Crippen LogP contribution in [0.3, 0.4) is 0 Å². The molecular weight excluding hydrogens is 326 g/mol. The Morgan fingerprint density at radius 2 is 1.40 bits per heavy atom. The third-order valence-electron chi connectivity index (χ3n) is 3.65. The number of aliphatic hydroxyl groups is 1. The molecule has 1 aliphatic heterocycles. The minimum absolute atomic E-state index is 0.107. The molecule has 2 aromatic carbocycles. The fourth-order valence-corrected chi connectivity index (χ4v) is 2.24. The summed E-state index contributed by atoms with van der Waals surface area (Å²) in [4.78, 5) is 32.8. The van der Waals surface area contributed by atoms with Gasteiger partial charge in [-0.25, -0.2) is 0 Å². The molecule has 0 unspecified atom stereocenters. The van der Waals surface area contributed by atoms with Crippen molar-refractivity contribution in [3.8, 4) is 0 Å². The van der Waals surface area contributed by atoms with Gasteiger partial charge in [-0.1, -0.05) is 42.0 Å². The molecular formula is C18H19NO6. The standard InChI is InChI=1S/C18H19NO6/c1-12-2-4-14(5-3-12)17-22-24-18(25-23-17)15-8-6-13(7-9-15)16(21)19-10-11-20/h2-9,17-18,20H,10-11H2,1H3,(H,19,21). The lowest BCUT2D eigenvalue weighted by Gasteiger charge is -2.27. The first-order valence-corrected chi connectivity index (χ1v) is 7.87. The van der Waals surface area contributed by atoms with E-state index >= 15 is 0 Å². The van der Waals surface area contributed by atoms with Crippen LogP contribution in [0, 0.1) is 6.92 Å². The van der Waals surface area contributed by atoms with Crippen molar-refractivity contribution in [1.29, 1.82) is 0 Å². The first-order chi connectivity index (χ1) is 12.2. The smallest absolute Gasteiger partial charge is 0.251 e. The third-order valence-corrected chi connectivity index (χ3v) is 3.65. The SMILES string of the molecule is Cc1ccc(C2OOC(c3ccc(C(=O)NCCO)cc3)OO2)cc1. The molecule has 2 aromatic rings. The minimum Gasteiger partial charge on any atom is -0.395 e. The number of aryl methyl sites for hydroxylation is 1. The largest absolute Gasteiger partial charge is 0.395 e. The fourth-order valence-electron chi connectivity index (χ4n) is 2.24. The van der Waals surface area contributed by atoms with Crippen molar-refractivity contribution >= 4 is 5.91 Å². The molecule has 0 bridgehead atoms. The maximum Gasteiger partial charge on any atom is 0.251 e. The number of nitrogens with one attached hydrogen (secondary N) is 1. The summed E-state index contributed by atoms with van der Waals surface area (Å²) in [6, 6.07) is 14.2. The zero-order valence-corrected chi connectivity index (χ0v) is 13.7. The predicted molar refractivity (Wildman–Crippen MR) is 86.9 cm³/mol. The Balaban J connectivity index is 1.57. The molecule has 2 N–H and O–H groups in total. The van der Waals surface area contributed by atoms with E-state index in [0.29, 0.717) is 11.1 Å². The Hall–Kier alpha value is -2.29. The molecule has 132 valence electrons. The Morgan fingerprint density at radius 1 is 0.920 bits per heavy atom. The van der Waals surface area contributed by atoms with Crippen molar-refractivity contribution in [1.82, 2.24) is 5.32 Å². The van der Waals surface area contributed by atoms with Crippen molar-refractivity contribution in [2.45, 2.75) is 19.5 Å². The van der Waals surface area contributed by atoms with E-state index in [4.69, 9.17) is 24.7 Å². The maximum absolute atomic E-state index is 11.8. The molecule has 1 heterocycles. The second kappa shape index (κ2) is 8.19. The molecule has 7 heteroatoms. The number of amides is 1. The average Bonchev–Trinajstić information content (AvgIpc) is 2.67. The molecule has 0 saturated carbocycles. The van der Waals surface area contributed by atoms with E-state index in [1.54, 1.807) is 24.3 Å². The Morgan fingerprint density at radius 3 is 1.88 bits per heavy atom. The molecule has 1 saturated heterocycles. The monoisotopic (exact) mass is 345 g/mol. The van der Waals surface area contributed by atoms with Gasteiger partial charge in [0.2, 0.25) is 12.6 Å². The number of rotatable bonds is 5. The molecule has 0 aliphatic carbocycles. The van der Waals surface area contributed by atoms with Crippen LogP contribution in [0.15, 0.2) is 48.5 Å². The molecule has 1 amide bonds. The molecule has 0 atom stereocenters. The molecule has 7 nitrogen and oxygen atoms in total. The lowest BCUT2D eigenvalue weighted by atomic mass is 10.1. The highest BCUT2D eigenvalue weighted by molar-refractivity contribution is 5.94. The van der Waals surface area contributed by atoms with Crippen molar-refractivity contribution < 1.29 is 29.5 Å². The summed E-state index contributed by atoms with van der Waals surface area (Å²) in [5, 5.41) is 11.3. The lowest BCUT2D eigenvalue weighted by molar-refractivity contribution is -0.600. The van der Waals surface area contributed by atoms with Crippen LogP contribution in [0.2, 0.25) is 0 Å². The highest BCUT2D eigenvalue weighted by Crippen LogP contribution is 2.32. The van der Waals surface area contributed by atoms with Crippen LogP contribution in [-0.4, -0.2) is 24.2 Å². The van der Waals surface area contributed by atoms with Crippen LogP contribution in [0.25, 0.3) is 0 Å². The van der Waals surface area contributed by atoms with Crippen molar-refractivity contribution in [3.63, 3.8) is 0 Å². The maximum atomic E-state index is 11.8. The fraction of sp³-hybridized carbons (Fsp3) is 0.278. The van der Waals surface area contributed by atoms with Crippen LogP contribution < -0.4 is 5.32 Å². The molecule has 3 rings (SSSR count). The number of hydrogen-bond donors (Lipinski definition) is 2. The van der Waals surface area contributed by atoms with E-state index < -0.39 is 12.6 Å². The first-order valence-electron chi connectivity index (χ1n) is 7.87. The van der Waals surface area contributed by atoms with Gasteiger partial charge in [-0.3, -0.25) is 4.79 Å². The van der Waals surface area contributed by atoms with Crippen molar-refractivity contribution in [2.24, 2.45) is 0 Å². The van der Waals surface area contributed by atoms with Crippen molar-refractivity contribution in [3.05, 3.63) is 70.8 Å². The van der Waals surface area contributed by atoms with Crippen LogP contribution in [0.4, 0.5) is 0 Å². The van der Waals surface area contributed by atoms with E-state index in [9.17, 15) is 4.79 Å². The third kappa shape index (κ3) is 4.41. The van der Waals surface area contributed by atoms with E-state index in [2.05, 4.69) is 5.32 Å². The molecule has 0 radical (unpaired) electrons. The van der Waals surface area contributed by atoms with Gasteiger partial charge in [0.15, 0.2) is 0 Å². The van der Waals surface area contributed by atoms with Gasteiger partial charge in [0.25, 0.3) is 5.91 Å². The molecule has 1 fully saturated rings. The summed E-state index contributed by atoms with van der Waals surface area (Å²) in [5.74, 6) is -0.266. The van der Waals surface area contributed by atoms with Gasteiger partial charge in [-0.05, 0) is 19.1 Å². The van der Waals surface area contributed by atoms with E-state index in [-0.39, 0.29) is 19.1 Å². The van der Waals surface area contributed by atoms with E-state index in [1.165, 1.54) is 0 Å². The zero-order valence-electron chi connectivity index (χ0n) is 13.7. The van der Waals surface area contributed by atoms with Gasteiger partial charge in [-0.2, -0.15) is 19.6 Å². The predicted octanol–water partition coefficient (Wildman–Crippen LogP) is 2.32. The van der Waals surface area contributed by atoms with E-state index in [1.807, 2.05) is 31.2 Å². The Labute approximate surface area is 144 Å². The molecule has 25 heavy (non-hydrogen) atoms. The summed E-state index contributed by atoms with van der Waals surface area (Å²) in [6.07, 6.45) is -1.61. The Bertz CT molecular complexity index is 693. The van der Waals surface area contributed by atoms with E-state index in [0.717, 1.165) is 11.1 Å². The van der Waals surface area contributed by atoms with Gasteiger partial charge >= 0.3 is 0 Å². The van der Waals surface area contributed by atoms with Gasteiger partial charge < -0.3 is 10.4 Å². The summed E-state index contributed by atoms with van der Waals surface area (Å²) in [5.41, 5.74) is 3.01. The summed E-state index contributed by atoms with van der Waals surface area (Å²) >= 11 is 0. The quantitative estimate of drug-likeness (QED) is 0.809. The van der Waals surface area contributed by atoms with Crippen LogP contribution in [0.5, 0.6) is 0 Å². The highest BCUT2D eigenvalue weighted by atomic mass is 17.4. The number of hydrogen-bond acceptors (Lipinski definition) is 6. The first kappa shape index (κ1) is 17.5. The van der Waals surface area contributed by atoms with Gasteiger partial charge in [0.1, 0.15) is 0 Å². The lowest BCUT2D eigenvalue weighted by Crippen LogP contribution is -2.26. The van der Waals surface area contributed by atoms with Crippen molar-refractivity contribution in [2.75, 3.05) is 13.2 Å². The summed E-state index contributed by atoms with van der Waals surface area (Å²) < 4.78 is 0. The Kier molecular flexibility index (Phi) is 5.75. The number of carbonyl (C=O) groups is 1. The van der Waals surface area contributed by atoms with Crippen LogP contribution >= 0.6 is 0 Å². The molecule has 0 aromatic heterocycles. The van der Waals surface area contributed by atoms with Crippen LogP contribution in [-0.2, 0) is 19.6 Å². The normalized spacial score (nSPS) is 20.2. The van der Waals surface area contributed by atoms with Gasteiger partial charge in [-0.15, -0.1) is 0 Å². The minimum atomic E-state index is -0.851. The topological polar surface area (TPSA) is 86.3 Å². The summed E-state index contributed by atoms with van der Waals surface area (Å²) in [7, 11) is 0. The number of benzene rings is 2. The highest BCUT2D eigenvalue weighted by Gasteiger charge is 2.28. The number of aliphatic hydroxyl groups excluding tert-OH is 1. The molecule has 0 spiro atoms. The van der Waals surface area contributed by atoms with Crippen LogP contribution in [0.1, 0.15) is 39.6 Å². The average molecular weight is 345 g/mol. The van der Waals surface area contributed by atoms with Gasteiger partial charge in [0.05, 0.1) is 6.61 Å².